The molecule has 0 spiro atoms. The predicted molar refractivity (Wildman–Crippen MR) is 69.0 cm³/mol. The molecule has 0 bridgehead atoms. The Morgan fingerprint density at radius 2 is 2.21 bits per heavy atom. The first kappa shape index (κ1) is 13.9. The lowest BCUT2D eigenvalue weighted by molar-refractivity contribution is 0.145. The van der Waals surface area contributed by atoms with E-state index >= 15 is 0 Å². The van der Waals surface area contributed by atoms with Crippen LogP contribution in [0.4, 0.5) is 8.78 Å². The third kappa shape index (κ3) is 3.48. The monoisotopic (exact) mass is 285 g/mol. The summed E-state index contributed by atoms with van der Waals surface area (Å²) >= 11 is 1.26. The molecule has 0 aromatic carbocycles. The van der Waals surface area contributed by atoms with E-state index in [0.717, 1.165) is 0 Å². The summed E-state index contributed by atoms with van der Waals surface area (Å²) < 4.78 is 27.2. The molecule has 102 valence electrons. The van der Waals surface area contributed by atoms with Gasteiger partial charge in [-0.05, 0) is 6.07 Å². The van der Waals surface area contributed by atoms with Crippen molar-refractivity contribution in [3.8, 4) is 11.3 Å². The van der Waals surface area contributed by atoms with E-state index < -0.39 is 6.43 Å². The van der Waals surface area contributed by atoms with Crippen molar-refractivity contribution in [1.82, 2.24) is 19.7 Å². The van der Waals surface area contributed by atoms with E-state index in [4.69, 9.17) is 5.73 Å². The Hall–Kier alpha value is -1.54. The summed E-state index contributed by atoms with van der Waals surface area (Å²) in [7, 11) is 1.75. The minimum Gasteiger partial charge on any atom is -0.330 e. The maximum atomic E-state index is 12.8. The molecule has 2 aromatic rings. The highest BCUT2D eigenvalue weighted by Gasteiger charge is 2.14. The topological polar surface area (TPSA) is 69.6 Å². The van der Waals surface area contributed by atoms with Gasteiger partial charge in [0.25, 0.3) is 6.43 Å². The molecule has 0 saturated heterocycles. The molecule has 2 heterocycles. The van der Waals surface area contributed by atoms with Crippen LogP contribution in [0, 0.1) is 0 Å². The molecule has 2 aromatic heterocycles. The van der Waals surface area contributed by atoms with E-state index in [1.807, 2.05) is 0 Å². The van der Waals surface area contributed by atoms with Gasteiger partial charge in [-0.2, -0.15) is 5.10 Å². The standard InChI is InChI=1S/C11H13F2N5S/c1-18-6-7(5-15-18)8-4-9(10(12)13)17-11(16-8)19-3-2-14/h4-6,10H,2-3,14H2,1H3. The van der Waals surface area contributed by atoms with Crippen LogP contribution in [0.15, 0.2) is 23.6 Å². The van der Waals surface area contributed by atoms with Crippen LogP contribution in [0.25, 0.3) is 11.3 Å². The van der Waals surface area contributed by atoms with E-state index in [0.29, 0.717) is 28.7 Å². The summed E-state index contributed by atoms with van der Waals surface area (Å²) in [6.45, 7) is 0.440. The van der Waals surface area contributed by atoms with E-state index in [2.05, 4.69) is 15.1 Å². The summed E-state index contributed by atoms with van der Waals surface area (Å²) in [4.78, 5) is 8.07. The first-order valence-corrected chi connectivity index (χ1v) is 6.57. The molecule has 2 N–H and O–H groups in total. The Balaban J connectivity index is 2.39. The molecule has 0 aliphatic carbocycles. The van der Waals surface area contributed by atoms with Gasteiger partial charge in [-0.15, -0.1) is 0 Å². The quantitative estimate of drug-likeness (QED) is 0.671. The van der Waals surface area contributed by atoms with Crippen molar-refractivity contribution in [2.75, 3.05) is 12.3 Å². The zero-order valence-electron chi connectivity index (χ0n) is 10.3. The number of nitrogens with two attached hydrogens (primary N) is 1. The van der Waals surface area contributed by atoms with Crippen LogP contribution in [0.5, 0.6) is 0 Å². The van der Waals surface area contributed by atoms with Gasteiger partial charge in [-0.25, -0.2) is 18.7 Å². The first-order valence-electron chi connectivity index (χ1n) is 5.59. The average Bonchev–Trinajstić information content (AvgIpc) is 2.82. The molecule has 0 amide bonds. The van der Waals surface area contributed by atoms with Gasteiger partial charge >= 0.3 is 0 Å². The molecule has 0 aliphatic rings. The third-order valence-corrected chi connectivity index (χ3v) is 3.18. The molecule has 0 fully saturated rings. The van der Waals surface area contributed by atoms with E-state index in [-0.39, 0.29) is 5.69 Å². The highest BCUT2D eigenvalue weighted by molar-refractivity contribution is 7.99. The zero-order valence-corrected chi connectivity index (χ0v) is 11.1. The van der Waals surface area contributed by atoms with Crippen LogP contribution in [0.2, 0.25) is 0 Å². The van der Waals surface area contributed by atoms with E-state index in [1.165, 1.54) is 17.8 Å². The number of aryl methyl sites for hydroxylation is 1. The SMILES string of the molecule is Cn1cc(-c2cc(C(F)F)nc(SCCN)n2)cn1. The van der Waals surface area contributed by atoms with Crippen molar-refractivity contribution in [1.29, 1.82) is 0 Å². The van der Waals surface area contributed by atoms with Gasteiger partial charge in [0.2, 0.25) is 0 Å². The molecule has 0 unspecified atom stereocenters. The number of rotatable bonds is 5. The Kier molecular flexibility index (Phi) is 4.43. The molecular weight excluding hydrogens is 272 g/mol. The summed E-state index contributed by atoms with van der Waals surface area (Å²) in [5, 5.41) is 4.31. The van der Waals surface area contributed by atoms with Crippen LogP contribution in [-0.4, -0.2) is 32.0 Å². The van der Waals surface area contributed by atoms with Crippen LogP contribution >= 0.6 is 11.8 Å². The minimum atomic E-state index is -2.63. The Bertz CT molecular complexity index is 558. The second kappa shape index (κ2) is 6.07. The second-order valence-corrected chi connectivity index (χ2v) is 4.86. The van der Waals surface area contributed by atoms with Crippen LogP contribution < -0.4 is 5.73 Å². The van der Waals surface area contributed by atoms with Gasteiger partial charge in [0.1, 0.15) is 5.69 Å². The highest BCUT2D eigenvalue weighted by atomic mass is 32.2. The first-order chi connectivity index (χ1) is 9.10. The lowest BCUT2D eigenvalue weighted by atomic mass is 10.2. The van der Waals surface area contributed by atoms with E-state index in [1.54, 1.807) is 24.1 Å². The van der Waals surface area contributed by atoms with E-state index in [9.17, 15) is 8.78 Å². The fourth-order valence-corrected chi connectivity index (χ4v) is 2.10. The van der Waals surface area contributed by atoms with Crippen molar-refractivity contribution in [3.05, 3.63) is 24.2 Å². The normalized spacial score (nSPS) is 11.2. The summed E-state index contributed by atoms with van der Waals surface area (Å²) in [5.74, 6) is 0.583. The number of hydrogen-bond acceptors (Lipinski definition) is 5. The van der Waals surface area contributed by atoms with Gasteiger partial charge in [-0.3, -0.25) is 4.68 Å². The van der Waals surface area contributed by atoms with Crippen molar-refractivity contribution in [2.24, 2.45) is 12.8 Å². The number of aromatic nitrogens is 4. The second-order valence-electron chi connectivity index (χ2n) is 3.80. The summed E-state index contributed by atoms with van der Waals surface area (Å²) in [6, 6.07) is 1.29. The predicted octanol–water partition coefficient (Wildman–Crippen LogP) is 1.87. The fourth-order valence-electron chi connectivity index (χ4n) is 1.47. The Morgan fingerprint density at radius 3 is 2.79 bits per heavy atom. The van der Waals surface area contributed by atoms with Gasteiger partial charge in [-0.1, -0.05) is 11.8 Å². The lowest BCUT2D eigenvalue weighted by Gasteiger charge is -2.05. The number of alkyl halides is 2. The molecule has 0 radical (unpaired) electrons. The maximum Gasteiger partial charge on any atom is 0.280 e. The zero-order chi connectivity index (χ0) is 13.8. The molecule has 0 aliphatic heterocycles. The molecule has 0 atom stereocenters. The number of hydrogen-bond donors (Lipinski definition) is 1. The largest absolute Gasteiger partial charge is 0.330 e. The summed E-state index contributed by atoms with van der Waals surface area (Å²) in [6.07, 6.45) is 0.667. The summed E-state index contributed by atoms with van der Waals surface area (Å²) in [5.41, 5.74) is 6.23. The molecule has 2 rings (SSSR count). The molecule has 5 nitrogen and oxygen atoms in total. The Labute approximate surface area is 113 Å². The van der Waals surface area contributed by atoms with Gasteiger partial charge in [0.15, 0.2) is 5.16 Å². The maximum absolute atomic E-state index is 12.8. The number of halogens is 2. The molecule has 8 heteroatoms. The number of thioether (sulfide) groups is 1. The Morgan fingerprint density at radius 1 is 1.42 bits per heavy atom. The fraction of sp³-hybridized carbons (Fsp3) is 0.364. The smallest absolute Gasteiger partial charge is 0.280 e. The molecular formula is C11H13F2N5S. The van der Waals surface area contributed by atoms with Crippen molar-refractivity contribution >= 4 is 11.8 Å². The van der Waals surface area contributed by atoms with Crippen LogP contribution in [0.3, 0.4) is 0 Å². The third-order valence-electron chi connectivity index (χ3n) is 2.30. The van der Waals surface area contributed by atoms with Gasteiger partial charge in [0, 0.05) is 31.1 Å². The van der Waals surface area contributed by atoms with Gasteiger partial charge in [0.05, 0.1) is 11.9 Å². The average molecular weight is 285 g/mol. The molecule has 0 saturated carbocycles. The van der Waals surface area contributed by atoms with Crippen molar-refractivity contribution in [2.45, 2.75) is 11.6 Å². The highest BCUT2D eigenvalue weighted by Crippen LogP contribution is 2.25. The van der Waals surface area contributed by atoms with Crippen LogP contribution in [0.1, 0.15) is 12.1 Å². The van der Waals surface area contributed by atoms with Gasteiger partial charge < -0.3 is 5.73 Å². The minimum absolute atomic E-state index is 0.284. The van der Waals surface area contributed by atoms with Crippen molar-refractivity contribution < 1.29 is 8.78 Å². The lowest BCUT2D eigenvalue weighted by Crippen LogP contribution is -2.03. The van der Waals surface area contributed by atoms with Crippen molar-refractivity contribution in [3.63, 3.8) is 0 Å². The molecule has 19 heavy (non-hydrogen) atoms. The van der Waals surface area contributed by atoms with Crippen LogP contribution in [-0.2, 0) is 7.05 Å². The number of nitrogens with zero attached hydrogens (tertiary/aromatic N) is 4.